The molecule has 4 nitrogen and oxygen atoms in total. The predicted molar refractivity (Wildman–Crippen MR) is 56.2 cm³/mol. The highest BCUT2D eigenvalue weighted by Crippen LogP contribution is 2.58. The van der Waals surface area contributed by atoms with Gasteiger partial charge in [0, 0.05) is 6.54 Å². The molecule has 1 fully saturated rings. The maximum absolute atomic E-state index is 11.6. The first-order valence-electron chi connectivity index (χ1n) is 4.93. The van der Waals surface area contributed by atoms with E-state index in [-0.39, 0.29) is 5.91 Å². The first-order valence-corrected chi connectivity index (χ1v) is 4.93. The molecule has 0 aromatic heterocycles. The fourth-order valence-electron chi connectivity index (χ4n) is 1.94. The highest BCUT2D eigenvalue weighted by Gasteiger charge is 2.65. The van der Waals surface area contributed by atoms with E-state index < -0.39 is 23.2 Å². The largest absolute Gasteiger partial charge is 0.481 e. The lowest BCUT2D eigenvalue weighted by Crippen LogP contribution is -2.28. The molecule has 1 aliphatic rings. The van der Waals surface area contributed by atoms with E-state index in [1.807, 2.05) is 6.92 Å². The summed E-state index contributed by atoms with van der Waals surface area (Å²) >= 11 is 0. The molecule has 0 aliphatic heterocycles. The second-order valence-electron chi connectivity index (χ2n) is 4.79. The Hall–Kier alpha value is -1.32. The summed E-state index contributed by atoms with van der Waals surface area (Å²) < 4.78 is 0. The van der Waals surface area contributed by atoms with Gasteiger partial charge in [-0.25, -0.2) is 0 Å². The van der Waals surface area contributed by atoms with Gasteiger partial charge in [0.1, 0.15) is 0 Å². The van der Waals surface area contributed by atoms with Crippen LogP contribution in [0.3, 0.4) is 0 Å². The first kappa shape index (κ1) is 11.8. The van der Waals surface area contributed by atoms with Gasteiger partial charge < -0.3 is 10.4 Å². The summed E-state index contributed by atoms with van der Waals surface area (Å²) in [5, 5.41) is 11.6. The Bertz CT molecular complexity index is 320. The summed E-state index contributed by atoms with van der Waals surface area (Å²) in [4.78, 5) is 22.5. The Balaban J connectivity index is 2.56. The second kappa shape index (κ2) is 3.68. The number of hydrogen-bond donors (Lipinski definition) is 2. The van der Waals surface area contributed by atoms with Gasteiger partial charge in [0.2, 0.25) is 5.91 Å². The molecule has 84 valence electrons. The number of carboxylic acids is 1. The number of carbonyl (C=O) groups excluding carboxylic acids is 1. The Morgan fingerprint density at radius 2 is 1.93 bits per heavy atom. The number of rotatable bonds is 4. The van der Waals surface area contributed by atoms with Gasteiger partial charge >= 0.3 is 5.97 Å². The van der Waals surface area contributed by atoms with Crippen LogP contribution in [-0.4, -0.2) is 23.5 Å². The lowest BCUT2D eigenvalue weighted by Gasteiger charge is -2.04. The number of nitrogens with one attached hydrogen (secondary N) is 1. The van der Waals surface area contributed by atoms with Crippen molar-refractivity contribution in [3.63, 3.8) is 0 Å². The number of hydrogen-bond acceptors (Lipinski definition) is 2. The van der Waals surface area contributed by atoms with Crippen LogP contribution in [-0.2, 0) is 9.59 Å². The molecule has 1 amide bonds. The van der Waals surface area contributed by atoms with E-state index >= 15 is 0 Å². The minimum absolute atomic E-state index is 0.185. The van der Waals surface area contributed by atoms with Crippen LogP contribution in [0.15, 0.2) is 12.2 Å². The zero-order valence-corrected chi connectivity index (χ0v) is 9.33. The summed E-state index contributed by atoms with van der Waals surface area (Å²) in [5.41, 5.74) is 0.430. The van der Waals surface area contributed by atoms with E-state index in [0.29, 0.717) is 6.54 Å². The van der Waals surface area contributed by atoms with Crippen molar-refractivity contribution >= 4 is 11.9 Å². The van der Waals surface area contributed by atoms with E-state index in [9.17, 15) is 9.59 Å². The van der Waals surface area contributed by atoms with Crippen molar-refractivity contribution in [3.05, 3.63) is 12.2 Å². The van der Waals surface area contributed by atoms with Gasteiger partial charge in [0.05, 0.1) is 11.8 Å². The average molecular weight is 211 g/mol. The predicted octanol–water partition coefficient (Wildman–Crippen LogP) is 1.04. The Morgan fingerprint density at radius 3 is 2.27 bits per heavy atom. The zero-order chi connectivity index (χ0) is 11.8. The lowest BCUT2D eigenvalue weighted by atomic mass is 10.1. The number of carbonyl (C=O) groups is 2. The molecule has 1 saturated carbocycles. The summed E-state index contributed by atoms with van der Waals surface area (Å²) in [6.45, 7) is 9.50. The summed E-state index contributed by atoms with van der Waals surface area (Å²) in [5.74, 6) is -2.04. The summed E-state index contributed by atoms with van der Waals surface area (Å²) in [6.07, 6.45) is 0. The topological polar surface area (TPSA) is 66.4 Å². The van der Waals surface area contributed by atoms with Gasteiger partial charge in [-0.3, -0.25) is 9.59 Å². The third-order valence-electron chi connectivity index (χ3n) is 2.94. The van der Waals surface area contributed by atoms with Crippen molar-refractivity contribution in [3.8, 4) is 0 Å². The molecule has 2 atom stereocenters. The molecule has 0 heterocycles. The van der Waals surface area contributed by atoms with Crippen molar-refractivity contribution in [2.24, 2.45) is 17.3 Å². The van der Waals surface area contributed by atoms with Crippen LogP contribution >= 0.6 is 0 Å². The highest BCUT2D eigenvalue weighted by atomic mass is 16.4. The fraction of sp³-hybridized carbons (Fsp3) is 0.636. The van der Waals surface area contributed by atoms with Crippen LogP contribution in [0.5, 0.6) is 0 Å². The maximum Gasteiger partial charge on any atom is 0.307 e. The molecule has 0 radical (unpaired) electrons. The van der Waals surface area contributed by atoms with Crippen molar-refractivity contribution in [2.75, 3.05) is 6.54 Å². The van der Waals surface area contributed by atoms with Gasteiger partial charge in [0.25, 0.3) is 0 Å². The zero-order valence-electron chi connectivity index (χ0n) is 9.33. The molecule has 15 heavy (non-hydrogen) atoms. The van der Waals surface area contributed by atoms with E-state index in [0.717, 1.165) is 5.57 Å². The molecular formula is C11H17NO3. The Kier molecular flexibility index (Phi) is 2.88. The van der Waals surface area contributed by atoms with Gasteiger partial charge in [-0.05, 0) is 12.3 Å². The van der Waals surface area contributed by atoms with Crippen molar-refractivity contribution in [2.45, 2.75) is 20.8 Å². The van der Waals surface area contributed by atoms with Crippen molar-refractivity contribution in [1.29, 1.82) is 0 Å². The molecule has 0 saturated heterocycles. The maximum atomic E-state index is 11.6. The van der Waals surface area contributed by atoms with Crippen LogP contribution in [0, 0.1) is 17.3 Å². The highest BCUT2D eigenvalue weighted by molar-refractivity contribution is 5.91. The SMILES string of the molecule is C=C(C)CNC(=O)[C@H]1[C@@H](C(=O)O)C1(C)C. The number of aliphatic carboxylic acids is 1. The molecule has 2 N–H and O–H groups in total. The monoisotopic (exact) mass is 211 g/mol. The molecule has 1 aliphatic carbocycles. The van der Waals surface area contributed by atoms with Gasteiger partial charge in [-0.15, -0.1) is 0 Å². The Morgan fingerprint density at radius 1 is 1.40 bits per heavy atom. The van der Waals surface area contributed by atoms with E-state index in [1.54, 1.807) is 13.8 Å². The molecule has 1 rings (SSSR count). The molecule has 0 aromatic rings. The van der Waals surface area contributed by atoms with Gasteiger partial charge in [-0.2, -0.15) is 0 Å². The molecule has 0 bridgehead atoms. The molecule has 0 spiro atoms. The van der Waals surface area contributed by atoms with Gasteiger partial charge in [0.15, 0.2) is 0 Å². The minimum atomic E-state index is -0.893. The molecule has 0 unspecified atom stereocenters. The number of amides is 1. The van der Waals surface area contributed by atoms with E-state index in [1.165, 1.54) is 0 Å². The third kappa shape index (κ3) is 2.19. The minimum Gasteiger partial charge on any atom is -0.481 e. The molecular weight excluding hydrogens is 194 g/mol. The van der Waals surface area contributed by atoms with Gasteiger partial charge in [-0.1, -0.05) is 26.0 Å². The Labute approximate surface area is 89.4 Å². The van der Waals surface area contributed by atoms with Crippen LogP contribution in [0.25, 0.3) is 0 Å². The smallest absolute Gasteiger partial charge is 0.307 e. The third-order valence-corrected chi connectivity index (χ3v) is 2.94. The number of carboxylic acid groups (broad SMARTS) is 1. The van der Waals surface area contributed by atoms with Crippen molar-refractivity contribution < 1.29 is 14.7 Å². The molecule has 0 aromatic carbocycles. The second-order valence-corrected chi connectivity index (χ2v) is 4.79. The first-order chi connectivity index (χ1) is 6.78. The van der Waals surface area contributed by atoms with Crippen molar-refractivity contribution in [1.82, 2.24) is 5.32 Å². The van der Waals surface area contributed by atoms with Crippen LogP contribution in [0.4, 0.5) is 0 Å². The molecule has 4 heteroatoms. The van der Waals surface area contributed by atoms with Crippen LogP contribution in [0.1, 0.15) is 20.8 Å². The standard InChI is InChI=1S/C11H17NO3/c1-6(2)5-12-9(13)7-8(10(14)15)11(7,3)4/h7-8H,1,5H2,2-4H3,(H,12,13)(H,14,15)/t7-,8+/m1/s1. The lowest BCUT2D eigenvalue weighted by molar-refractivity contribution is -0.140. The quantitative estimate of drug-likeness (QED) is 0.683. The van der Waals surface area contributed by atoms with E-state index in [2.05, 4.69) is 11.9 Å². The normalized spacial score (nSPS) is 26.9. The van der Waals surface area contributed by atoms with Crippen LogP contribution in [0.2, 0.25) is 0 Å². The van der Waals surface area contributed by atoms with E-state index in [4.69, 9.17) is 5.11 Å². The fourth-order valence-corrected chi connectivity index (χ4v) is 1.94. The van der Waals surface area contributed by atoms with Crippen LogP contribution < -0.4 is 5.32 Å². The summed E-state index contributed by atoms with van der Waals surface area (Å²) in [6, 6.07) is 0. The average Bonchev–Trinajstić information content (AvgIpc) is 2.65. The summed E-state index contributed by atoms with van der Waals surface area (Å²) in [7, 11) is 0.